The smallest absolute Gasteiger partial charge is 0.221 e. The molecule has 0 radical (unpaired) electrons. The molecule has 0 aliphatic rings. The fraction of sp³-hybridized carbons (Fsp3) is 0.357. The minimum Gasteiger partial charge on any atom is -0.481 e. The van der Waals surface area contributed by atoms with Crippen LogP contribution in [-0.2, 0) is 11.3 Å². The van der Waals surface area contributed by atoms with Crippen LogP contribution in [0.2, 0.25) is 0 Å². The van der Waals surface area contributed by atoms with Gasteiger partial charge < -0.3 is 15.4 Å². The topological polar surface area (TPSA) is 50.4 Å². The second kappa shape index (κ2) is 8.15. The predicted molar refractivity (Wildman–Crippen MR) is 71.2 cm³/mol. The molecule has 2 N–H and O–H groups in total. The molecule has 0 heterocycles. The molecule has 0 bridgehead atoms. The molecule has 1 rings (SSSR count). The highest BCUT2D eigenvalue weighted by Gasteiger charge is 2.02. The van der Waals surface area contributed by atoms with Gasteiger partial charge in [0.1, 0.15) is 12.4 Å². The van der Waals surface area contributed by atoms with Crippen molar-refractivity contribution in [1.29, 1.82) is 0 Å². The Morgan fingerprint density at radius 2 is 2.22 bits per heavy atom. The Hall–Kier alpha value is -1.99. The maximum atomic E-state index is 11.0. The van der Waals surface area contributed by atoms with Crippen molar-refractivity contribution >= 4 is 5.91 Å². The first-order valence-electron chi connectivity index (χ1n) is 5.83. The maximum absolute atomic E-state index is 11.0. The van der Waals surface area contributed by atoms with Crippen molar-refractivity contribution in [3.8, 4) is 18.1 Å². The zero-order valence-corrected chi connectivity index (χ0v) is 10.5. The van der Waals surface area contributed by atoms with Gasteiger partial charge in [-0.1, -0.05) is 24.1 Å². The third-order valence-electron chi connectivity index (χ3n) is 2.41. The number of hydrogen-bond donors (Lipinski definition) is 2. The molecule has 0 atom stereocenters. The number of rotatable bonds is 7. The molecule has 0 saturated heterocycles. The number of ether oxygens (including phenoxy) is 1. The number of carbonyl (C=O) groups is 1. The molecule has 1 aromatic rings. The Kier molecular flexibility index (Phi) is 6.37. The molecule has 4 heteroatoms. The van der Waals surface area contributed by atoms with E-state index in [1.807, 2.05) is 24.3 Å². The van der Waals surface area contributed by atoms with Crippen molar-refractivity contribution in [3.63, 3.8) is 0 Å². The summed E-state index contributed by atoms with van der Waals surface area (Å²) in [6.45, 7) is 1.54. The lowest BCUT2D eigenvalue weighted by molar-refractivity contribution is -0.120. The van der Waals surface area contributed by atoms with Crippen molar-refractivity contribution in [3.05, 3.63) is 29.8 Å². The lowest BCUT2D eigenvalue weighted by Gasteiger charge is -2.10. The summed E-state index contributed by atoms with van der Waals surface area (Å²) >= 11 is 0. The molecule has 0 aromatic heterocycles. The third kappa shape index (κ3) is 4.89. The number of nitrogens with one attached hydrogen (secondary N) is 2. The summed E-state index contributed by atoms with van der Waals surface area (Å²) < 4.78 is 5.43. The average molecular weight is 246 g/mol. The Balaban J connectivity index is 2.41. The Morgan fingerprint density at radius 1 is 1.44 bits per heavy atom. The van der Waals surface area contributed by atoms with Crippen LogP contribution in [0.25, 0.3) is 0 Å². The predicted octanol–water partition coefficient (Wildman–Crippen LogP) is 0.924. The molecular weight excluding hydrogens is 228 g/mol. The molecule has 1 aromatic carbocycles. The Bertz CT molecular complexity index is 424. The van der Waals surface area contributed by atoms with E-state index in [1.165, 1.54) is 0 Å². The van der Waals surface area contributed by atoms with Gasteiger partial charge in [-0.3, -0.25) is 4.79 Å². The molecule has 0 fully saturated rings. The highest BCUT2D eigenvalue weighted by molar-refractivity contribution is 5.75. The van der Waals surface area contributed by atoms with Crippen LogP contribution < -0.4 is 15.4 Å². The average Bonchev–Trinajstić information content (AvgIpc) is 2.42. The van der Waals surface area contributed by atoms with Gasteiger partial charge in [0.05, 0.1) is 0 Å². The second-order valence-electron chi connectivity index (χ2n) is 3.70. The van der Waals surface area contributed by atoms with Gasteiger partial charge in [-0.2, -0.15) is 0 Å². The van der Waals surface area contributed by atoms with Gasteiger partial charge in [-0.05, 0) is 6.07 Å². The minimum absolute atomic E-state index is 0.0272. The zero-order valence-electron chi connectivity index (χ0n) is 10.5. The number of amides is 1. The lowest BCUT2D eigenvalue weighted by Crippen LogP contribution is -2.24. The lowest BCUT2D eigenvalue weighted by atomic mass is 10.2. The van der Waals surface area contributed by atoms with Crippen molar-refractivity contribution in [2.45, 2.75) is 13.0 Å². The van der Waals surface area contributed by atoms with Crippen molar-refractivity contribution < 1.29 is 9.53 Å². The van der Waals surface area contributed by atoms with Crippen LogP contribution in [0.3, 0.4) is 0 Å². The molecule has 0 aliphatic carbocycles. The Labute approximate surface area is 108 Å². The summed E-state index contributed by atoms with van der Waals surface area (Å²) in [6.07, 6.45) is 5.62. The summed E-state index contributed by atoms with van der Waals surface area (Å²) in [5, 5.41) is 5.77. The summed E-state index contributed by atoms with van der Waals surface area (Å²) in [5.41, 5.74) is 1.03. The molecule has 0 saturated carbocycles. The van der Waals surface area contributed by atoms with E-state index in [1.54, 1.807) is 7.05 Å². The van der Waals surface area contributed by atoms with Crippen molar-refractivity contribution in [2.75, 3.05) is 20.2 Å². The quantitative estimate of drug-likeness (QED) is 0.556. The summed E-state index contributed by atoms with van der Waals surface area (Å²) in [7, 11) is 1.63. The largest absolute Gasteiger partial charge is 0.481 e. The molecule has 0 spiro atoms. The standard InChI is InChI=1S/C14H18N2O2/c1-3-10-18-13-7-5-4-6-12(13)11-16-9-8-14(17)15-2/h1,4-7,16H,8-11H2,2H3,(H,15,17). The normalized spacial score (nSPS) is 9.56. The maximum Gasteiger partial charge on any atom is 0.221 e. The Morgan fingerprint density at radius 3 is 2.94 bits per heavy atom. The first kappa shape index (κ1) is 14.1. The third-order valence-corrected chi connectivity index (χ3v) is 2.41. The van der Waals surface area contributed by atoms with Crippen LogP contribution >= 0.6 is 0 Å². The van der Waals surface area contributed by atoms with Gasteiger partial charge >= 0.3 is 0 Å². The van der Waals surface area contributed by atoms with Gasteiger partial charge in [0.25, 0.3) is 0 Å². The van der Waals surface area contributed by atoms with Gasteiger partial charge in [0.2, 0.25) is 5.91 Å². The SMILES string of the molecule is C#CCOc1ccccc1CNCCC(=O)NC. The summed E-state index contributed by atoms with van der Waals surface area (Å²) in [4.78, 5) is 11.0. The van der Waals surface area contributed by atoms with E-state index >= 15 is 0 Å². The van der Waals surface area contributed by atoms with Gasteiger partial charge in [-0.25, -0.2) is 0 Å². The van der Waals surface area contributed by atoms with E-state index in [0.717, 1.165) is 11.3 Å². The highest BCUT2D eigenvalue weighted by atomic mass is 16.5. The first-order valence-corrected chi connectivity index (χ1v) is 5.83. The van der Waals surface area contributed by atoms with E-state index in [9.17, 15) is 4.79 Å². The highest BCUT2D eigenvalue weighted by Crippen LogP contribution is 2.17. The molecule has 1 amide bonds. The molecule has 96 valence electrons. The van der Waals surface area contributed by atoms with Crippen LogP contribution in [-0.4, -0.2) is 26.1 Å². The van der Waals surface area contributed by atoms with E-state index in [-0.39, 0.29) is 12.5 Å². The molecular formula is C14H18N2O2. The van der Waals surface area contributed by atoms with Crippen LogP contribution in [0.5, 0.6) is 5.75 Å². The number of benzene rings is 1. The van der Waals surface area contributed by atoms with E-state index in [0.29, 0.717) is 19.5 Å². The van der Waals surface area contributed by atoms with Crippen LogP contribution in [0.4, 0.5) is 0 Å². The number of terminal acetylenes is 1. The fourth-order valence-corrected chi connectivity index (χ4v) is 1.46. The molecule has 0 unspecified atom stereocenters. The molecule has 0 aliphatic heterocycles. The van der Waals surface area contributed by atoms with Crippen molar-refractivity contribution in [2.24, 2.45) is 0 Å². The molecule has 18 heavy (non-hydrogen) atoms. The van der Waals surface area contributed by atoms with Gasteiger partial charge in [-0.15, -0.1) is 6.42 Å². The summed E-state index contributed by atoms with van der Waals surface area (Å²) in [6, 6.07) is 7.70. The van der Waals surface area contributed by atoms with E-state index < -0.39 is 0 Å². The minimum atomic E-state index is 0.0272. The van der Waals surface area contributed by atoms with Crippen LogP contribution in [0.1, 0.15) is 12.0 Å². The number of hydrogen-bond acceptors (Lipinski definition) is 3. The summed E-state index contributed by atoms with van der Waals surface area (Å²) in [5.74, 6) is 3.25. The van der Waals surface area contributed by atoms with E-state index in [4.69, 9.17) is 11.2 Å². The van der Waals surface area contributed by atoms with Crippen LogP contribution in [0, 0.1) is 12.3 Å². The van der Waals surface area contributed by atoms with Crippen LogP contribution in [0.15, 0.2) is 24.3 Å². The number of carbonyl (C=O) groups excluding carboxylic acids is 1. The van der Waals surface area contributed by atoms with Gasteiger partial charge in [0, 0.05) is 32.1 Å². The van der Waals surface area contributed by atoms with Crippen molar-refractivity contribution in [1.82, 2.24) is 10.6 Å². The first-order chi connectivity index (χ1) is 8.77. The fourth-order valence-electron chi connectivity index (χ4n) is 1.46. The number of para-hydroxylation sites is 1. The molecule has 4 nitrogen and oxygen atoms in total. The monoisotopic (exact) mass is 246 g/mol. The van der Waals surface area contributed by atoms with E-state index in [2.05, 4.69) is 16.6 Å². The second-order valence-corrected chi connectivity index (χ2v) is 3.70. The zero-order chi connectivity index (χ0) is 13.2. The van der Waals surface area contributed by atoms with Gasteiger partial charge in [0.15, 0.2) is 0 Å².